The van der Waals surface area contributed by atoms with Gasteiger partial charge in [-0.15, -0.1) is 23.2 Å². The van der Waals surface area contributed by atoms with Gasteiger partial charge in [0.1, 0.15) is 1.41 Å². The Morgan fingerprint density at radius 3 is 2.71 bits per heavy atom. The van der Waals surface area contributed by atoms with Gasteiger partial charge in [0.2, 0.25) is 0 Å². The summed E-state index contributed by atoms with van der Waals surface area (Å²) >= 11 is 11.1. The number of halogens is 2. The normalized spacial score (nSPS) is 37.2. The molecule has 0 saturated carbocycles. The Bertz CT molecular complexity index is 292. The lowest BCUT2D eigenvalue weighted by molar-refractivity contribution is 0.233. The maximum atomic E-state index is 12.5. The van der Waals surface area contributed by atoms with Crippen LogP contribution in [-0.4, -0.2) is 42.6 Å². The summed E-state index contributed by atoms with van der Waals surface area (Å²) in [7, 11) is -3.67. The summed E-state index contributed by atoms with van der Waals surface area (Å²) in [5.41, 5.74) is 0. The van der Waals surface area contributed by atoms with Gasteiger partial charge in [0.05, 0.1) is 6.61 Å². The fraction of sp³-hybridized carbons (Fsp3) is 1.00. The molecule has 1 saturated heterocycles. The van der Waals surface area contributed by atoms with Gasteiger partial charge in [-0.2, -0.15) is 0 Å². The molecule has 3 unspecified atom stereocenters. The Kier molecular flexibility index (Phi) is 3.97. The zero-order chi connectivity index (χ0) is 13.1. The summed E-state index contributed by atoms with van der Waals surface area (Å²) in [6, 6.07) is 0. The highest BCUT2D eigenvalue weighted by molar-refractivity contribution is 7.54. The maximum Gasteiger partial charge on any atom is 0.343 e. The molecule has 1 N–H and O–H groups in total. The summed E-state index contributed by atoms with van der Waals surface area (Å²) in [4.78, 5) is 0. The summed E-state index contributed by atoms with van der Waals surface area (Å²) in [6.45, 7) is -1.66. The molecule has 0 aliphatic carbocycles. The molecule has 0 amide bonds. The fourth-order valence-electron chi connectivity index (χ4n) is 1.05. The van der Waals surface area contributed by atoms with E-state index in [0.29, 0.717) is 6.42 Å². The molecular weight excluding hydrogens is 246 g/mol. The molecule has 1 heterocycles. The average molecular weight is 264 g/mol. The second-order valence-corrected chi connectivity index (χ2v) is 5.20. The first kappa shape index (κ1) is 8.80. The van der Waals surface area contributed by atoms with E-state index < -0.39 is 20.7 Å². The zero-order valence-corrected chi connectivity index (χ0v) is 10.0. The minimum absolute atomic E-state index is 0.131. The van der Waals surface area contributed by atoms with Gasteiger partial charge in [0, 0.05) is 34.1 Å². The molecular formula is C7H15Cl2N2O2P. The summed E-state index contributed by atoms with van der Waals surface area (Å²) < 4.78 is 41.8. The highest BCUT2D eigenvalue weighted by atomic mass is 35.5. The quantitative estimate of drug-likeness (QED) is 0.608. The predicted molar refractivity (Wildman–Crippen MR) is 59.2 cm³/mol. The number of hydrogen-bond donors (Lipinski definition) is 1. The second kappa shape index (κ2) is 6.31. The first-order valence-corrected chi connectivity index (χ1v) is 6.84. The Balaban J connectivity index is 2.98. The fourth-order valence-corrected chi connectivity index (χ4v) is 3.24. The first-order chi connectivity index (χ1) is 7.97. The number of alkyl halides is 2. The van der Waals surface area contributed by atoms with E-state index in [9.17, 15) is 4.57 Å². The van der Waals surface area contributed by atoms with Crippen LogP contribution in [0.25, 0.3) is 0 Å². The van der Waals surface area contributed by atoms with Gasteiger partial charge in [0.25, 0.3) is 0 Å². The predicted octanol–water partition coefficient (Wildman–Crippen LogP) is 1.88. The van der Waals surface area contributed by atoms with Crippen LogP contribution in [0, 0.1) is 0 Å². The van der Waals surface area contributed by atoms with Crippen LogP contribution in [0.4, 0.5) is 0 Å². The minimum atomic E-state index is -3.67. The number of nitrogens with one attached hydrogen (secondary N) is 1. The van der Waals surface area contributed by atoms with Gasteiger partial charge in [-0.1, -0.05) is 0 Å². The Morgan fingerprint density at radius 2 is 2.21 bits per heavy atom. The molecule has 0 bridgehead atoms. The Labute approximate surface area is 98.7 Å². The van der Waals surface area contributed by atoms with E-state index in [1.165, 1.54) is 0 Å². The van der Waals surface area contributed by atoms with Gasteiger partial charge >= 0.3 is 7.67 Å². The summed E-state index contributed by atoms with van der Waals surface area (Å²) in [6.07, 6.45) is 0.592. The third-order valence-corrected chi connectivity index (χ3v) is 3.91. The van der Waals surface area contributed by atoms with E-state index >= 15 is 0 Å². The lowest BCUT2D eigenvalue weighted by Gasteiger charge is -2.33. The van der Waals surface area contributed by atoms with E-state index in [1.54, 1.807) is 0 Å². The van der Waals surface area contributed by atoms with Crippen molar-refractivity contribution in [3.05, 3.63) is 0 Å². The molecule has 1 aliphatic rings. The molecule has 0 spiro atoms. The Morgan fingerprint density at radius 1 is 1.57 bits per heavy atom. The van der Waals surface area contributed by atoms with Crippen molar-refractivity contribution < 1.29 is 13.2 Å². The summed E-state index contributed by atoms with van der Waals surface area (Å²) in [5.74, 6) is -0.263. The van der Waals surface area contributed by atoms with Gasteiger partial charge in [-0.25, -0.2) is 9.75 Å². The third kappa shape index (κ3) is 3.37. The number of hydrogen-bond acceptors (Lipinski definition) is 2. The Hall–Kier alpha value is 0.690. The number of rotatable bonds is 5. The van der Waals surface area contributed by atoms with Crippen LogP contribution in [0.2, 0.25) is 1.41 Å². The summed E-state index contributed by atoms with van der Waals surface area (Å²) in [5, 5.41) is 0.804. The van der Waals surface area contributed by atoms with Gasteiger partial charge in [-0.05, 0) is 6.42 Å². The van der Waals surface area contributed by atoms with Crippen molar-refractivity contribution >= 4 is 30.9 Å². The van der Waals surface area contributed by atoms with E-state index in [1.807, 2.05) is 0 Å². The van der Waals surface area contributed by atoms with Crippen LogP contribution in [0.3, 0.4) is 0 Å². The van der Waals surface area contributed by atoms with Crippen LogP contribution < -0.4 is 5.08 Å². The molecule has 0 aromatic rings. The van der Waals surface area contributed by atoms with E-state index in [4.69, 9.17) is 31.9 Å². The molecule has 1 aliphatic heterocycles. The second-order valence-electron chi connectivity index (χ2n) is 2.60. The van der Waals surface area contributed by atoms with Crippen LogP contribution in [0.1, 0.15) is 9.16 Å². The van der Waals surface area contributed by atoms with Gasteiger partial charge in [-0.3, -0.25) is 4.57 Å². The minimum Gasteiger partial charge on any atom is -0.306 e. The molecule has 1 rings (SSSR count). The molecule has 0 radical (unpaired) electrons. The first-order valence-electron chi connectivity index (χ1n) is 5.84. The van der Waals surface area contributed by atoms with Crippen LogP contribution in [0.5, 0.6) is 0 Å². The highest BCUT2D eigenvalue weighted by Crippen LogP contribution is 2.47. The lowest BCUT2D eigenvalue weighted by Crippen LogP contribution is -2.35. The van der Waals surface area contributed by atoms with E-state index in [2.05, 4.69) is 0 Å². The molecule has 3 atom stereocenters. The van der Waals surface area contributed by atoms with Crippen molar-refractivity contribution in [3.8, 4) is 0 Å². The topological polar surface area (TPSA) is 41.6 Å². The molecule has 14 heavy (non-hydrogen) atoms. The maximum absolute atomic E-state index is 12.5. The molecule has 0 aromatic heterocycles. The molecule has 0 aromatic carbocycles. The smallest absolute Gasteiger partial charge is 0.306 e. The monoisotopic (exact) mass is 263 g/mol. The molecule has 7 heteroatoms. The van der Waals surface area contributed by atoms with E-state index in [-0.39, 0.29) is 24.9 Å². The standard InChI is InChI=1S/C7H15Cl2N2O2P/c8-2-5-11(6-3-9)14(12)10-4-1-7-13-14/h1-7H2,(H,10,12)/i5D,6D/hD. The third-order valence-electron chi connectivity index (χ3n) is 1.64. The molecule has 84 valence electrons. The average Bonchev–Trinajstić information content (AvgIpc) is 2.32. The zero-order valence-electron chi connectivity index (χ0n) is 10.6. The number of nitrogens with zero attached hydrogens (tertiary/aromatic N) is 1. The van der Waals surface area contributed by atoms with Crippen molar-refractivity contribution in [1.82, 2.24) is 9.75 Å². The van der Waals surface area contributed by atoms with Crippen molar-refractivity contribution in [2.24, 2.45) is 0 Å². The van der Waals surface area contributed by atoms with Crippen molar-refractivity contribution in [2.45, 2.75) is 6.42 Å². The van der Waals surface area contributed by atoms with E-state index in [0.717, 1.165) is 9.75 Å². The van der Waals surface area contributed by atoms with Crippen molar-refractivity contribution in [1.29, 1.82) is 0 Å². The largest absolute Gasteiger partial charge is 0.343 e. The lowest BCUT2D eigenvalue weighted by atomic mass is 10.5. The highest BCUT2D eigenvalue weighted by Gasteiger charge is 2.32. The molecule has 1 fully saturated rings. The van der Waals surface area contributed by atoms with Gasteiger partial charge in [0.15, 0.2) is 0 Å². The van der Waals surface area contributed by atoms with Crippen molar-refractivity contribution in [2.75, 3.05) is 38.0 Å². The van der Waals surface area contributed by atoms with Gasteiger partial charge < -0.3 is 4.52 Å². The van der Waals surface area contributed by atoms with Crippen LogP contribution in [0.15, 0.2) is 0 Å². The SMILES string of the molecule is [2H]C(CCl)N(C([2H])CCl)P1(=O)OCCCN1[2H]. The van der Waals surface area contributed by atoms with Crippen LogP contribution in [-0.2, 0) is 9.09 Å². The van der Waals surface area contributed by atoms with Crippen LogP contribution >= 0.6 is 30.9 Å². The van der Waals surface area contributed by atoms with Crippen molar-refractivity contribution in [3.63, 3.8) is 0 Å². The molecule has 4 nitrogen and oxygen atoms in total.